The predicted molar refractivity (Wildman–Crippen MR) is 86.5 cm³/mol. The average molecular weight is 278 g/mol. The molecule has 0 N–H and O–H groups in total. The van der Waals surface area contributed by atoms with E-state index in [0.29, 0.717) is 5.92 Å². The predicted octanol–water partition coefficient (Wildman–Crippen LogP) is 5.07. The Kier molecular flexibility index (Phi) is 10.8. The van der Waals surface area contributed by atoms with Crippen LogP contribution in [0.2, 0.25) is 0 Å². The van der Waals surface area contributed by atoms with Gasteiger partial charge in [-0.15, -0.1) is 0 Å². The normalized spacial score (nSPS) is 13.8. The first-order chi connectivity index (χ1) is 9.45. The molecule has 0 saturated carbocycles. The molecule has 0 saturated heterocycles. The number of carbonyl (C=O) groups excluding carboxylic acids is 1. The van der Waals surface area contributed by atoms with Gasteiger partial charge in [0.15, 0.2) is 0 Å². The highest BCUT2D eigenvalue weighted by molar-refractivity contribution is 5.83. The number of ether oxygens (including phenoxy) is 1. The summed E-state index contributed by atoms with van der Waals surface area (Å²) in [5.41, 5.74) is 0.924. The van der Waals surface area contributed by atoms with Crippen LogP contribution in [0.1, 0.15) is 53.4 Å². The van der Waals surface area contributed by atoms with E-state index in [1.54, 1.807) is 6.08 Å². The van der Waals surface area contributed by atoms with Gasteiger partial charge in [-0.25, -0.2) is 4.79 Å². The maximum absolute atomic E-state index is 11.3. The van der Waals surface area contributed by atoms with Gasteiger partial charge in [-0.1, -0.05) is 64.8 Å². The van der Waals surface area contributed by atoms with Crippen molar-refractivity contribution in [3.8, 4) is 0 Å². The zero-order valence-corrected chi connectivity index (χ0v) is 13.5. The van der Waals surface area contributed by atoms with Crippen LogP contribution in [0.25, 0.3) is 0 Å². The zero-order valence-electron chi connectivity index (χ0n) is 13.5. The quantitative estimate of drug-likeness (QED) is 0.241. The second kappa shape index (κ2) is 11.5. The molecule has 0 aromatic heterocycles. The van der Waals surface area contributed by atoms with Crippen LogP contribution in [-0.2, 0) is 9.53 Å². The lowest BCUT2D eigenvalue weighted by Gasteiger charge is -2.09. The van der Waals surface area contributed by atoms with E-state index in [1.807, 2.05) is 13.0 Å². The molecule has 0 amide bonds. The third-order valence-electron chi connectivity index (χ3n) is 3.09. The monoisotopic (exact) mass is 278 g/mol. The van der Waals surface area contributed by atoms with E-state index in [4.69, 9.17) is 4.74 Å². The van der Waals surface area contributed by atoms with E-state index >= 15 is 0 Å². The molecule has 0 aliphatic carbocycles. The minimum absolute atomic E-state index is 0.263. The summed E-state index contributed by atoms with van der Waals surface area (Å²) >= 11 is 0. The Bertz CT molecular complexity index is 337. The van der Waals surface area contributed by atoms with Gasteiger partial charge in [-0.2, -0.15) is 0 Å². The summed E-state index contributed by atoms with van der Waals surface area (Å²) in [6.45, 7) is 12.5. The summed E-state index contributed by atoms with van der Waals surface area (Å²) in [6.07, 6.45) is 12.2. The summed E-state index contributed by atoms with van der Waals surface area (Å²) in [5.74, 6) is 1.19. The first-order valence-electron chi connectivity index (χ1n) is 7.58. The highest BCUT2D eigenvalue weighted by Crippen LogP contribution is 2.15. The molecule has 0 rings (SSSR count). The highest BCUT2D eigenvalue weighted by Gasteiger charge is 2.01. The van der Waals surface area contributed by atoms with Crippen molar-refractivity contribution in [2.24, 2.45) is 11.8 Å². The Hall–Kier alpha value is -1.31. The van der Waals surface area contributed by atoms with Crippen LogP contribution < -0.4 is 0 Å². The first-order valence-corrected chi connectivity index (χ1v) is 7.58. The maximum Gasteiger partial charge on any atom is 0.331 e. The molecule has 0 aliphatic rings. The molecule has 0 heterocycles. The van der Waals surface area contributed by atoms with Crippen LogP contribution in [0.5, 0.6) is 0 Å². The minimum atomic E-state index is -0.308. The largest absolute Gasteiger partial charge is 0.458 e. The van der Waals surface area contributed by atoms with Crippen LogP contribution in [-0.4, -0.2) is 12.6 Å². The van der Waals surface area contributed by atoms with Gasteiger partial charge in [0, 0.05) is 6.08 Å². The maximum atomic E-state index is 11.3. The van der Waals surface area contributed by atoms with E-state index in [9.17, 15) is 4.79 Å². The van der Waals surface area contributed by atoms with Crippen molar-refractivity contribution >= 4 is 5.97 Å². The van der Waals surface area contributed by atoms with E-state index in [-0.39, 0.29) is 12.6 Å². The molecule has 0 fully saturated rings. The average Bonchev–Trinajstić information content (AvgIpc) is 2.35. The third kappa shape index (κ3) is 11.8. The Morgan fingerprint density at radius 3 is 2.55 bits per heavy atom. The second-order valence-electron chi connectivity index (χ2n) is 5.88. The fourth-order valence-corrected chi connectivity index (χ4v) is 1.90. The van der Waals surface area contributed by atoms with Gasteiger partial charge in [0.25, 0.3) is 0 Å². The van der Waals surface area contributed by atoms with E-state index in [2.05, 4.69) is 33.4 Å². The van der Waals surface area contributed by atoms with Gasteiger partial charge >= 0.3 is 5.97 Å². The fraction of sp³-hybridized carbons (Fsp3) is 0.611. The Morgan fingerprint density at radius 2 is 1.95 bits per heavy atom. The van der Waals surface area contributed by atoms with Crippen molar-refractivity contribution < 1.29 is 9.53 Å². The molecule has 1 atom stereocenters. The molecule has 0 aliphatic heterocycles. The number of esters is 1. The summed E-state index contributed by atoms with van der Waals surface area (Å²) in [6, 6.07) is 0. The van der Waals surface area contributed by atoms with Gasteiger partial charge in [-0.3, -0.25) is 0 Å². The Balaban J connectivity index is 3.94. The minimum Gasteiger partial charge on any atom is -0.458 e. The number of rotatable bonds is 10. The number of allylic oxidation sites excluding steroid dienone is 3. The zero-order chi connectivity index (χ0) is 15.4. The fourth-order valence-electron chi connectivity index (χ4n) is 1.90. The van der Waals surface area contributed by atoms with Crippen molar-refractivity contribution in [2.75, 3.05) is 6.61 Å². The molecule has 20 heavy (non-hydrogen) atoms. The van der Waals surface area contributed by atoms with E-state index in [1.165, 1.54) is 25.3 Å². The molecule has 0 spiro atoms. The summed E-state index contributed by atoms with van der Waals surface area (Å²) in [5, 5.41) is 0. The lowest BCUT2D eigenvalue weighted by molar-refractivity contribution is -0.136. The summed E-state index contributed by atoms with van der Waals surface area (Å²) in [4.78, 5) is 11.3. The lowest BCUT2D eigenvalue weighted by Crippen LogP contribution is -2.00. The van der Waals surface area contributed by atoms with Gasteiger partial charge < -0.3 is 4.74 Å². The smallest absolute Gasteiger partial charge is 0.331 e. The van der Waals surface area contributed by atoms with Crippen molar-refractivity contribution in [2.45, 2.75) is 53.4 Å². The van der Waals surface area contributed by atoms with Crippen LogP contribution in [0.3, 0.4) is 0 Å². The molecule has 114 valence electrons. The van der Waals surface area contributed by atoms with E-state index < -0.39 is 0 Å². The third-order valence-corrected chi connectivity index (χ3v) is 3.09. The molecule has 2 nitrogen and oxygen atoms in total. The molecular formula is C18H30O2. The van der Waals surface area contributed by atoms with Gasteiger partial charge in [-0.05, 0) is 30.8 Å². The SMILES string of the molecule is C=CCOC(=O)/C=C(C)/C=C/CC(C)CCCC(C)C. The standard InChI is InChI=1S/C18H30O2/c1-6-13-20-18(19)14-17(5)12-8-11-16(4)10-7-9-15(2)3/h6,8,12,14-16H,1,7,9-11,13H2,2-5H3/b12-8+,17-14+. The molecular weight excluding hydrogens is 248 g/mol. The van der Waals surface area contributed by atoms with Gasteiger partial charge in [0.1, 0.15) is 6.61 Å². The number of carbonyl (C=O) groups is 1. The van der Waals surface area contributed by atoms with E-state index in [0.717, 1.165) is 17.9 Å². The molecule has 0 aromatic rings. The van der Waals surface area contributed by atoms with Crippen molar-refractivity contribution in [3.05, 3.63) is 36.5 Å². The van der Waals surface area contributed by atoms with Crippen LogP contribution >= 0.6 is 0 Å². The molecule has 0 bridgehead atoms. The van der Waals surface area contributed by atoms with Crippen molar-refractivity contribution in [3.63, 3.8) is 0 Å². The molecule has 0 aromatic carbocycles. The van der Waals surface area contributed by atoms with Crippen LogP contribution in [0.4, 0.5) is 0 Å². The molecule has 2 heteroatoms. The van der Waals surface area contributed by atoms with Crippen LogP contribution in [0, 0.1) is 11.8 Å². The summed E-state index contributed by atoms with van der Waals surface area (Å²) < 4.78 is 4.90. The Labute approximate surface area is 124 Å². The molecule has 0 radical (unpaired) electrons. The lowest BCUT2D eigenvalue weighted by atomic mass is 9.97. The number of hydrogen-bond acceptors (Lipinski definition) is 2. The highest BCUT2D eigenvalue weighted by atomic mass is 16.5. The van der Waals surface area contributed by atoms with Gasteiger partial charge in [0.2, 0.25) is 0 Å². The van der Waals surface area contributed by atoms with Crippen molar-refractivity contribution in [1.29, 1.82) is 0 Å². The van der Waals surface area contributed by atoms with Crippen LogP contribution in [0.15, 0.2) is 36.5 Å². The van der Waals surface area contributed by atoms with Crippen molar-refractivity contribution in [1.82, 2.24) is 0 Å². The topological polar surface area (TPSA) is 26.3 Å². The second-order valence-corrected chi connectivity index (χ2v) is 5.88. The molecule has 1 unspecified atom stereocenters. The van der Waals surface area contributed by atoms with Gasteiger partial charge in [0.05, 0.1) is 0 Å². The number of hydrogen-bond donors (Lipinski definition) is 0. The summed E-state index contributed by atoms with van der Waals surface area (Å²) in [7, 11) is 0. The Morgan fingerprint density at radius 1 is 1.25 bits per heavy atom. The first kappa shape index (κ1) is 18.7.